The molecule has 9 heteroatoms. The number of carbonyl (C=O) groups excluding carboxylic acids is 1. The van der Waals surface area contributed by atoms with Crippen LogP contribution in [0.4, 0.5) is 0 Å². The SMILES string of the molecule is CCCC(=O)OC1=C(CCCCCCC(=O)O)[C@@H](C=C[C@@H](Cc2cccc(COC)c2)O[Si](C)(C)C(C)(C)C)[C@H](O[Si](C)(C)C(C)(C)C)C1. The lowest BCUT2D eigenvalue weighted by atomic mass is 9.93. The Hall–Kier alpha value is -2.05. The molecule has 0 heterocycles. The minimum atomic E-state index is -2.17. The highest BCUT2D eigenvalue weighted by Crippen LogP contribution is 2.45. The van der Waals surface area contributed by atoms with Gasteiger partial charge in [0.15, 0.2) is 16.6 Å². The van der Waals surface area contributed by atoms with Crippen LogP contribution in [0.5, 0.6) is 0 Å². The molecule has 1 aliphatic carbocycles. The predicted octanol–water partition coefficient (Wildman–Crippen LogP) is 10.8. The fraction of sp³-hybridized carbons (Fsp3) is 0.700. The van der Waals surface area contributed by atoms with E-state index in [4.69, 9.17) is 23.4 Å². The van der Waals surface area contributed by atoms with Crippen molar-refractivity contribution in [1.82, 2.24) is 0 Å². The van der Waals surface area contributed by atoms with Crippen LogP contribution in [0.15, 0.2) is 47.7 Å². The summed E-state index contributed by atoms with van der Waals surface area (Å²) < 4.78 is 25.8. The van der Waals surface area contributed by atoms with Gasteiger partial charge in [0.1, 0.15) is 5.76 Å². The molecule has 1 aliphatic rings. The van der Waals surface area contributed by atoms with E-state index in [0.717, 1.165) is 55.4 Å². The zero-order valence-electron chi connectivity index (χ0n) is 32.9. The van der Waals surface area contributed by atoms with E-state index in [1.54, 1.807) is 7.11 Å². The van der Waals surface area contributed by atoms with Crippen LogP contribution in [0, 0.1) is 5.92 Å². The maximum Gasteiger partial charge on any atom is 0.310 e. The first-order valence-corrected chi connectivity index (χ1v) is 24.3. The average Bonchev–Trinajstić information content (AvgIpc) is 3.26. The largest absolute Gasteiger partial charge is 0.481 e. The minimum absolute atomic E-state index is 0.0222. The molecule has 0 bridgehead atoms. The predicted molar refractivity (Wildman–Crippen MR) is 206 cm³/mol. The Bertz CT molecular complexity index is 1270. The van der Waals surface area contributed by atoms with Crippen molar-refractivity contribution in [2.45, 2.75) is 168 Å². The first kappa shape index (κ1) is 43.1. The highest BCUT2D eigenvalue weighted by Gasteiger charge is 2.45. The fourth-order valence-electron chi connectivity index (χ4n) is 5.71. The van der Waals surface area contributed by atoms with Crippen molar-refractivity contribution in [3.05, 3.63) is 58.9 Å². The number of carbonyl (C=O) groups is 2. The van der Waals surface area contributed by atoms with Gasteiger partial charge >= 0.3 is 11.9 Å². The van der Waals surface area contributed by atoms with Crippen molar-refractivity contribution in [3.8, 4) is 0 Å². The van der Waals surface area contributed by atoms with Gasteiger partial charge in [-0.3, -0.25) is 9.59 Å². The summed E-state index contributed by atoms with van der Waals surface area (Å²) in [6.07, 6.45) is 11.0. The van der Waals surface area contributed by atoms with Gasteiger partial charge < -0.3 is 23.4 Å². The summed E-state index contributed by atoms with van der Waals surface area (Å²) in [6, 6.07) is 8.55. The van der Waals surface area contributed by atoms with E-state index in [-0.39, 0.29) is 40.6 Å². The molecular formula is C40H68O7Si2. The quantitative estimate of drug-likeness (QED) is 0.0621. The zero-order valence-corrected chi connectivity index (χ0v) is 34.9. The van der Waals surface area contributed by atoms with Gasteiger partial charge in [0.25, 0.3) is 0 Å². The van der Waals surface area contributed by atoms with E-state index in [0.29, 0.717) is 25.9 Å². The molecule has 0 aliphatic heterocycles. The van der Waals surface area contributed by atoms with Gasteiger partial charge in [-0.1, -0.05) is 97.7 Å². The van der Waals surface area contributed by atoms with Crippen LogP contribution < -0.4 is 0 Å². The number of hydrogen-bond acceptors (Lipinski definition) is 6. The first-order valence-electron chi connectivity index (χ1n) is 18.5. The van der Waals surface area contributed by atoms with Crippen LogP contribution in [-0.4, -0.2) is 53.0 Å². The molecule has 0 radical (unpaired) electrons. The number of rotatable bonds is 20. The molecular weight excluding hydrogens is 649 g/mol. The topological polar surface area (TPSA) is 91.3 Å². The third kappa shape index (κ3) is 13.9. The summed E-state index contributed by atoms with van der Waals surface area (Å²) in [7, 11) is -2.59. The summed E-state index contributed by atoms with van der Waals surface area (Å²) >= 11 is 0. The molecule has 0 aromatic heterocycles. The second-order valence-corrected chi connectivity index (χ2v) is 26.4. The van der Waals surface area contributed by atoms with Gasteiger partial charge in [-0.15, -0.1) is 0 Å². The standard InChI is InChI=1S/C40H68O7Si2/c1-13-19-38(43)45-35-28-36(47-49(11,12)40(5,6)7)34(33(35)22-16-14-15-17-23-37(41)42)25-24-32(46-48(9,10)39(2,3)4)27-30-20-18-21-31(26-30)29-44-8/h18,20-21,24-26,32,34,36H,13-17,19,22-23,27-29H2,1-12H3,(H,41,42)/t32-,34+,36+/m0/s1. The maximum absolute atomic E-state index is 12.9. The molecule has 3 atom stereocenters. The smallest absolute Gasteiger partial charge is 0.310 e. The molecule has 7 nitrogen and oxygen atoms in total. The highest BCUT2D eigenvalue weighted by molar-refractivity contribution is 6.74. The number of methoxy groups -OCH3 is 1. The number of ether oxygens (including phenoxy) is 2. The normalized spacial score (nSPS) is 18.4. The third-order valence-electron chi connectivity index (χ3n) is 10.6. The average molecular weight is 717 g/mol. The van der Waals surface area contributed by atoms with Crippen LogP contribution in [0.3, 0.4) is 0 Å². The van der Waals surface area contributed by atoms with Gasteiger partial charge in [-0.25, -0.2) is 0 Å². The molecule has 1 aromatic rings. The Balaban J connectivity index is 2.57. The van der Waals surface area contributed by atoms with Gasteiger partial charge in [0.05, 0.1) is 18.8 Å². The second kappa shape index (κ2) is 19.0. The lowest BCUT2D eigenvalue weighted by molar-refractivity contribution is -0.140. The number of carboxylic acids is 1. The number of unbranched alkanes of at least 4 members (excludes halogenated alkanes) is 3. The van der Waals surface area contributed by atoms with Gasteiger partial charge in [0.2, 0.25) is 0 Å². The van der Waals surface area contributed by atoms with Crippen molar-refractivity contribution in [3.63, 3.8) is 0 Å². The molecule has 0 unspecified atom stereocenters. The van der Waals surface area contributed by atoms with Gasteiger partial charge in [-0.2, -0.15) is 0 Å². The maximum atomic E-state index is 12.9. The number of benzene rings is 1. The Labute approximate surface area is 300 Å². The van der Waals surface area contributed by atoms with Crippen LogP contribution >= 0.6 is 0 Å². The molecule has 49 heavy (non-hydrogen) atoms. The number of carboxylic acid groups (broad SMARTS) is 1. The molecule has 1 aromatic carbocycles. The molecule has 0 fully saturated rings. The van der Waals surface area contributed by atoms with Crippen molar-refractivity contribution in [2.24, 2.45) is 5.92 Å². The lowest BCUT2D eigenvalue weighted by Crippen LogP contribution is -2.45. The van der Waals surface area contributed by atoms with E-state index >= 15 is 0 Å². The highest BCUT2D eigenvalue weighted by atomic mass is 28.4. The number of aliphatic carboxylic acids is 1. The first-order chi connectivity index (χ1) is 22.7. The van der Waals surface area contributed by atoms with Gasteiger partial charge in [0, 0.05) is 38.7 Å². The molecule has 0 spiro atoms. The van der Waals surface area contributed by atoms with E-state index in [1.807, 2.05) is 6.92 Å². The van der Waals surface area contributed by atoms with E-state index in [2.05, 4.69) is 104 Å². The van der Waals surface area contributed by atoms with E-state index in [9.17, 15) is 9.59 Å². The Morgan fingerprint density at radius 3 is 2.16 bits per heavy atom. The summed E-state index contributed by atoms with van der Waals surface area (Å²) in [5.74, 6) is -0.235. The fourth-order valence-corrected chi connectivity index (χ4v) is 8.32. The summed E-state index contributed by atoms with van der Waals surface area (Å²) in [6.45, 7) is 25.3. The molecule has 2 rings (SSSR count). The Morgan fingerprint density at radius 1 is 0.939 bits per heavy atom. The van der Waals surface area contributed by atoms with Crippen molar-refractivity contribution < 1.29 is 33.0 Å². The Morgan fingerprint density at radius 2 is 1.57 bits per heavy atom. The minimum Gasteiger partial charge on any atom is -0.481 e. The molecule has 0 amide bonds. The number of hydrogen-bond donors (Lipinski definition) is 1. The zero-order chi connectivity index (χ0) is 37.0. The van der Waals surface area contributed by atoms with Gasteiger partial charge in [-0.05, 0) is 78.6 Å². The lowest BCUT2D eigenvalue weighted by Gasteiger charge is -2.40. The monoisotopic (exact) mass is 716 g/mol. The van der Waals surface area contributed by atoms with Crippen molar-refractivity contribution in [1.29, 1.82) is 0 Å². The summed E-state index contributed by atoms with van der Waals surface area (Å²) in [5.41, 5.74) is 3.48. The molecule has 0 saturated carbocycles. The van der Waals surface area contributed by atoms with Crippen LogP contribution in [0.1, 0.15) is 117 Å². The summed E-state index contributed by atoms with van der Waals surface area (Å²) in [5, 5.41) is 9.15. The van der Waals surface area contributed by atoms with Crippen LogP contribution in [0.2, 0.25) is 36.3 Å². The third-order valence-corrected chi connectivity index (χ3v) is 19.6. The van der Waals surface area contributed by atoms with Crippen molar-refractivity contribution >= 4 is 28.6 Å². The second-order valence-electron chi connectivity index (χ2n) is 16.9. The van der Waals surface area contributed by atoms with E-state index in [1.165, 1.54) is 5.56 Å². The molecule has 0 saturated heterocycles. The molecule has 278 valence electrons. The number of esters is 1. The molecule has 1 N–H and O–H groups in total. The van der Waals surface area contributed by atoms with Crippen molar-refractivity contribution in [2.75, 3.05) is 7.11 Å². The summed E-state index contributed by atoms with van der Waals surface area (Å²) in [4.78, 5) is 23.9. The van der Waals surface area contributed by atoms with Crippen LogP contribution in [-0.2, 0) is 40.9 Å². The Kier molecular flexibility index (Phi) is 16.7. The van der Waals surface area contributed by atoms with Crippen LogP contribution in [0.25, 0.3) is 0 Å². The van der Waals surface area contributed by atoms with E-state index < -0.39 is 22.6 Å².